The maximum atomic E-state index is 12.1. The summed E-state index contributed by atoms with van der Waals surface area (Å²) >= 11 is 0. The first-order chi connectivity index (χ1) is 9.13. The average Bonchev–Trinajstić information content (AvgIpc) is 3.05. The first-order valence-corrected chi connectivity index (χ1v) is 6.96. The predicted molar refractivity (Wildman–Crippen MR) is 68.8 cm³/mol. The van der Waals surface area contributed by atoms with E-state index < -0.39 is 11.9 Å². The van der Waals surface area contributed by atoms with E-state index in [2.05, 4.69) is 0 Å². The first-order valence-electron chi connectivity index (χ1n) is 6.96. The molecule has 1 amide bonds. The molecule has 0 bridgehead atoms. The van der Waals surface area contributed by atoms with E-state index in [-0.39, 0.29) is 18.6 Å². The lowest BCUT2D eigenvalue weighted by Gasteiger charge is -2.30. The van der Waals surface area contributed by atoms with Crippen molar-refractivity contribution >= 4 is 11.9 Å². The number of rotatable bonds is 5. The fraction of sp³-hybridized carbons (Fsp3) is 0.846. The standard InChI is InChI=1S/C13H22N2O4/c1-2-14(7-12(16)15-5-3-4-6-15)11-9-19-8-10(11)13(17)18/h10-11H,2-9H2,1H3,(H,17,18). The second kappa shape index (κ2) is 6.34. The Kier molecular flexibility index (Phi) is 4.76. The smallest absolute Gasteiger partial charge is 0.310 e. The summed E-state index contributed by atoms with van der Waals surface area (Å²) in [6.45, 7) is 5.23. The van der Waals surface area contributed by atoms with Gasteiger partial charge in [0.1, 0.15) is 0 Å². The molecule has 0 saturated carbocycles. The minimum Gasteiger partial charge on any atom is -0.481 e. The van der Waals surface area contributed by atoms with E-state index in [0.29, 0.717) is 19.7 Å². The van der Waals surface area contributed by atoms with Gasteiger partial charge in [0.15, 0.2) is 0 Å². The molecule has 0 aromatic rings. The quantitative estimate of drug-likeness (QED) is 0.763. The number of carboxylic acids is 1. The summed E-state index contributed by atoms with van der Waals surface area (Å²) in [5.41, 5.74) is 0. The van der Waals surface area contributed by atoms with Crippen LogP contribution in [0, 0.1) is 5.92 Å². The fourth-order valence-corrected chi connectivity index (χ4v) is 2.84. The molecule has 6 heteroatoms. The van der Waals surface area contributed by atoms with Crippen LogP contribution in [-0.2, 0) is 14.3 Å². The van der Waals surface area contributed by atoms with E-state index in [1.807, 2.05) is 16.7 Å². The largest absolute Gasteiger partial charge is 0.481 e. The lowest BCUT2D eigenvalue weighted by molar-refractivity contribution is -0.144. The van der Waals surface area contributed by atoms with Crippen molar-refractivity contribution in [2.75, 3.05) is 39.4 Å². The molecule has 19 heavy (non-hydrogen) atoms. The van der Waals surface area contributed by atoms with Crippen LogP contribution in [0.5, 0.6) is 0 Å². The van der Waals surface area contributed by atoms with Gasteiger partial charge in [0, 0.05) is 19.1 Å². The second-order valence-electron chi connectivity index (χ2n) is 5.20. The Labute approximate surface area is 113 Å². The summed E-state index contributed by atoms with van der Waals surface area (Å²) < 4.78 is 5.27. The molecule has 0 aromatic carbocycles. The number of likely N-dealkylation sites (tertiary alicyclic amines) is 1. The molecule has 2 fully saturated rings. The third-order valence-electron chi connectivity index (χ3n) is 4.04. The van der Waals surface area contributed by atoms with Crippen LogP contribution in [0.25, 0.3) is 0 Å². The highest BCUT2D eigenvalue weighted by molar-refractivity contribution is 5.78. The van der Waals surface area contributed by atoms with Crippen LogP contribution in [0.2, 0.25) is 0 Å². The van der Waals surface area contributed by atoms with Gasteiger partial charge in [-0.1, -0.05) is 6.92 Å². The number of hydrogen-bond donors (Lipinski definition) is 1. The van der Waals surface area contributed by atoms with Gasteiger partial charge in [0.05, 0.1) is 25.7 Å². The molecular formula is C13H22N2O4. The molecule has 2 saturated heterocycles. The van der Waals surface area contributed by atoms with Crippen LogP contribution in [0.4, 0.5) is 0 Å². The number of ether oxygens (including phenoxy) is 1. The van der Waals surface area contributed by atoms with E-state index >= 15 is 0 Å². The summed E-state index contributed by atoms with van der Waals surface area (Å²) in [5.74, 6) is -1.25. The van der Waals surface area contributed by atoms with Gasteiger partial charge < -0.3 is 14.7 Å². The van der Waals surface area contributed by atoms with Crippen molar-refractivity contribution in [3.05, 3.63) is 0 Å². The molecule has 2 heterocycles. The van der Waals surface area contributed by atoms with Gasteiger partial charge in [0.25, 0.3) is 0 Å². The number of likely N-dealkylation sites (N-methyl/N-ethyl adjacent to an activating group) is 1. The highest BCUT2D eigenvalue weighted by Crippen LogP contribution is 2.20. The lowest BCUT2D eigenvalue weighted by atomic mass is 10.0. The van der Waals surface area contributed by atoms with Crippen molar-refractivity contribution in [3.63, 3.8) is 0 Å². The van der Waals surface area contributed by atoms with Crippen LogP contribution in [0.3, 0.4) is 0 Å². The Morgan fingerprint density at radius 3 is 2.58 bits per heavy atom. The number of aliphatic carboxylic acids is 1. The van der Waals surface area contributed by atoms with Crippen LogP contribution < -0.4 is 0 Å². The summed E-state index contributed by atoms with van der Waals surface area (Å²) in [6, 6.07) is -0.186. The third-order valence-corrected chi connectivity index (χ3v) is 4.04. The Hall–Kier alpha value is -1.14. The van der Waals surface area contributed by atoms with Crippen LogP contribution in [-0.4, -0.2) is 72.2 Å². The monoisotopic (exact) mass is 270 g/mol. The van der Waals surface area contributed by atoms with Crippen LogP contribution in [0.1, 0.15) is 19.8 Å². The maximum absolute atomic E-state index is 12.1. The van der Waals surface area contributed by atoms with Crippen molar-refractivity contribution in [3.8, 4) is 0 Å². The second-order valence-corrected chi connectivity index (χ2v) is 5.20. The Morgan fingerprint density at radius 2 is 2.00 bits per heavy atom. The molecule has 1 N–H and O–H groups in total. The van der Waals surface area contributed by atoms with Gasteiger partial charge in [-0.15, -0.1) is 0 Å². The molecule has 0 aromatic heterocycles. The van der Waals surface area contributed by atoms with E-state index in [0.717, 1.165) is 25.9 Å². The minimum absolute atomic E-state index is 0.107. The van der Waals surface area contributed by atoms with E-state index in [4.69, 9.17) is 4.74 Å². The van der Waals surface area contributed by atoms with Crippen LogP contribution >= 0.6 is 0 Å². The van der Waals surface area contributed by atoms with Crippen molar-refractivity contribution in [2.24, 2.45) is 5.92 Å². The Bertz CT molecular complexity index is 342. The summed E-state index contributed by atoms with van der Waals surface area (Å²) in [4.78, 5) is 27.1. The van der Waals surface area contributed by atoms with Gasteiger partial charge in [-0.3, -0.25) is 14.5 Å². The maximum Gasteiger partial charge on any atom is 0.310 e. The highest BCUT2D eigenvalue weighted by atomic mass is 16.5. The molecule has 0 spiro atoms. The van der Waals surface area contributed by atoms with Gasteiger partial charge in [-0.25, -0.2) is 0 Å². The van der Waals surface area contributed by atoms with Gasteiger partial charge in [-0.2, -0.15) is 0 Å². The number of amides is 1. The minimum atomic E-state index is -0.838. The molecular weight excluding hydrogens is 248 g/mol. The van der Waals surface area contributed by atoms with Crippen molar-refractivity contribution in [2.45, 2.75) is 25.8 Å². The number of carbonyl (C=O) groups excluding carboxylic acids is 1. The summed E-state index contributed by atoms with van der Waals surface area (Å²) in [6.07, 6.45) is 2.14. The number of carbonyl (C=O) groups is 2. The highest BCUT2D eigenvalue weighted by Gasteiger charge is 2.38. The van der Waals surface area contributed by atoms with Gasteiger partial charge in [-0.05, 0) is 19.4 Å². The summed E-state index contributed by atoms with van der Waals surface area (Å²) in [7, 11) is 0. The van der Waals surface area contributed by atoms with Gasteiger partial charge >= 0.3 is 5.97 Å². The van der Waals surface area contributed by atoms with Gasteiger partial charge in [0.2, 0.25) is 5.91 Å². The van der Waals surface area contributed by atoms with E-state index in [1.54, 1.807) is 0 Å². The Balaban J connectivity index is 1.95. The van der Waals surface area contributed by atoms with E-state index in [1.165, 1.54) is 0 Å². The topological polar surface area (TPSA) is 70.1 Å². The molecule has 2 atom stereocenters. The fourth-order valence-electron chi connectivity index (χ4n) is 2.84. The SMILES string of the molecule is CCN(CC(=O)N1CCCC1)C1COCC1C(=O)O. The molecule has 2 rings (SSSR count). The number of carboxylic acid groups (broad SMARTS) is 1. The van der Waals surface area contributed by atoms with Crippen molar-refractivity contribution < 1.29 is 19.4 Å². The molecule has 108 valence electrons. The number of nitrogens with zero attached hydrogens (tertiary/aromatic N) is 2. The molecule has 0 aliphatic carbocycles. The molecule has 2 aliphatic heterocycles. The van der Waals surface area contributed by atoms with Crippen LogP contribution in [0.15, 0.2) is 0 Å². The van der Waals surface area contributed by atoms with Crippen molar-refractivity contribution in [1.82, 2.24) is 9.80 Å². The zero-order valence-corrected chi connectivity index (χ0v) is 11.4. The predicted octanol–water partition coefficient (Wildman–Crippen LogP) is 0.0303. The molecule has 6 nitrogen and oxygen atoms in total. The van der Waals surface area contributed by atoms with Crippen molar-refractivity contribution in [1.29, 1.82) is 0 Å². The van der Waals surface area contributed by atoms with E-state index in [9.17, 15) is 14.7 Å². The summed E-state index contributed by atoms with van der Waals surface area (Å²) in [5, 5.41) is 9.17. The third kappa shape index (κ3) is 3.25. The molecule has 0 radical (unpaired) electrons. The lowest BCUT2D eigenvalue weighted by Crippen LogP contribution is -2.48. The zero-order valence-electron chi connectivity index (χ0n) is 11.4. The average molecular weight is 270 g/mol. The first kappa shape index (κ1) is 14.3. The Morgan fingerprint density at radius 1 is 1.32 bits per heavy atom. The normalized spacial score (nSPS) is 27.2. The number of hydrogen-bond acceptors (Lipinski definition) is 4. The zero-order chi connectivity index (χ0) is 13.8. The molecule has 2 unspecified atom stereocenters. The molecule has 2 aliphatic rings.